The molecule has 0 saturated carbocycles. The van der Waals surface area contributed by atoms with Gasteiger partial charge in [0.2, 0.25) is 6.43 Å². The zero-order valence-corrected chi connectivity index (χ0v) is 8.98. The number of rotatable bonds is 3. The van der Waals surface area contributed by atoms with Gasteiger partial charge in [-0.05, 0) is 17.7 Å². The maximum Gasteiger partial charge on any atom is 0.240 e. The average Bonchev–Trinajstić information content (AvgIpc) is 2.17. The predicted molar refractivity (Wildman–Crippen MR) is 55.9 cm³/mol. The first-order valence-electron chi connectivity index (χ1n) is 4.28. The van der Waals surface area contributed by atoms with Crippen molar-refractivity contribution in [2.45, 2.75) is 18.9 Å². The first-order chi connectivity index (χ1) is 7.04. The molecule has 1 aromatic rings. The topological polar surface area (TPSA) is 49.8 Å². The van der Waals surface area contributed by atoms with E-state index in [-0.39, 0.29) is 18.0 Å². The Morgan fingerprint density at radius 2 is 2.00 bits per heavy atom. The van der Waals surface area contributed by atoms with E-state index in [1.165, 1.54) is 12.1 Å². The zero-order valence-electron chi connectivity index (χ0n) is 8.16. The van der Waals surface area contributed by atoms with Crippen LogP contribution in [0.25, 0.3) is 0 Å². The number of alkyl halides is 2. The highest BCUT2D eigenvalue weighted by Crippen LogP contribution is 2.20. The number of hydrogen-bond donors (Lipinski definition) is 1. The molecule has 16 heavy (non-hydrogen) atoms. The molecule has 0 radical (unpaired) electrons. The van der Waals surface area contributed by atoms with Crippen LogP contribution in [0.5, 0.6) is 0 Å². The van der Waals surface area contributed by atoms with E-state index in [4.69, 9.17) is 11.0 Å². The summed E-state index contributed by atoms with van der Waals surface area (Å²) >= 11 is 0. The molecule has 0 aromatic heterocycles. The summed E-state index contributed by atoms with van der Waals surface area (Å²) < 4.78 is 36.9. The van der Waals surface area contributed by atoms with E-state index in [9.17, 15) is 13.2 Å². The van der Waals surface area contributed by atoms with Crippen LogP contribution in [-0.4, -0.2) is 6.43 Å². The fraction of sp³-hybridized carbons (Fsp3) is 0.300. The molecule has 2 nitrogen and oxygen atoms in total. The lowest BCUT2D eigenvalue weighted by Gasteiger charge is -2.11. The lowest BCUT2D eigenvalue weighted by molar-refractivity contribution is 0.128. The van der Waals surface area contributed by atoms with Crippen molar-refractivity contribution < 1.29 is 13.2 Å². The van der Waals surface area contributed by atoms with Crippen molar-refractivity contribution in [1.29, 1.82) is 5.26 Å². The van der Waals surface area contributed by atoms with Crippen molar-refractivity contribution in [3.05, 3.63) is 35.1 Å². The second kappa shape index (κ2) is 6.36. The van der Waals surface area contributed by atoms with Gasteiger partial charge in [0, 0.05) is 12.5 Å². The van der Waals surface area contributed by atoms with Gasteiger partial charge in [0.25, 0.3) is 0 Å². The van der Waals surface area contributed by atoms with Crippen molar-refractivity contribution in [2.24, 2.45) is 5.73 Å². The number of hydrogen-bond acceptors (Lipinski definition) is 2. The maximum atomic E-state index is 12.9. The summed E-state index contributed by atoms with van der Waals surface area (Å²) in [4.78, 5) is 0. The Balaban J connectivity index is 0.00000225. The summed E-state index contributed by atoms with van der Waals surface area (Å²) in [5, 5.41) is 8.53. The Hall–Kier alpha value is -1.25. The molecule has 0 heterocycles. The third-order valence-electron chi connectivity index (χ3n) is 1.97. The molecular formula is C10H10ClF3N2. The molecule has 0 aliphatic carbocycles. The third kappa shape index (κ3) is 3.72. The summed E-state index contributed by atoms with van der Waals surface area (Å²) in [5.41, 5.74) is 5.62. The molecule has 0 spiro atoms. The molecule has 0 bridgehead atoms. The minimum absolute atomic E-state index is 0. The summed E-state index contributed by atoms with van der Waals surface area (Å²) in [5.74, 6) is -0.675. The smallest absolute Gasteiger partial charge is 0.240 e. The average molecular weight is 251 g/mol. The van der Waals surface area contributed by atoms with Crippen molar-refractivity contribution in [1.82, 2.24) is 0 Å². The second-order valence-corrected chi connectivity index (χ2v) is 3.08. The standard InChI is InChI=1S/C10H9F3N2.ClH/c11-8-2-1-6(3-7(8)5-14)9(15)4-10(12)13;/h1-3,9-10H,4,15H2;1H/t9-;/m1./s1. The molecule has 0 aliphatic rings. The van der Waals surface area contributed by atoms with Gasteiger partial charge in [-0.3, -0.25) is 0 Å². The minimum atomic E-state index is -2.52. The molecule has 0 fully saturated rings. The van der Waals surface area contributed by atoms with Gasteiger partial charge in [0.05, 0.1) is 5.56 Å². The van der Waals surface area contributed by atoms with Gasteiger partial charge in [-0.2, -0.15) is 5.26 Å². The summed E-state index contributed by atoms with van der Waals surface area (Å²) in [7, 11) is 0. The van der Waals surface area contributed by atoms with Crippen LogP contribution >= 0.6 is 12.4 Å². The van der Waals surface area contributed by atoms with E-state index < -0.39 is 24.7 Å². The monoisotopic (exact) mass is 250 g/mol. The van der Waals surface area contributed by atoms with E-state index in [0.717, 1.165) is 6.07 Å². The molecule has 88 valence electrons. The van der Waals surface area contributed by atoms with E-state index >= 15 is 0 Å². The highest BCUT2D eigenvalue weighted by molar-refractivity contribution is 5.85. The van der Waals surface area contributed by atoms with Gasteiger partial charge in [-0.1, -0.05) is 6.07 Å². The molecule has 1 aromatic carbocycles. The molecule has 6 heteroatoms. The Labute approximate surface area is 97.3 Å². The molecular weight excluding hydrogens is 241 g/mol. The first-order valence-corrected chi connectivity index (χ1v) is 4.28. The Kier molecular flexibility index (Phi) is 5.86. The Morgan fingerprint density at radius 3 is 2.50 bits per heavy atom. The van der Waals surface area contributed by atoms with E-state index in [0.29, 0.717) is 5.56 Å². The van der Waals surface area contributed by atoms with Crippen molar-refractivity contribution in [2.75, 3.05) is 0 Å². The lowest BCUT2D eigenvalue weighted by atomic mass is 10.0. The van der Waals surface area contributed by atoms with Crippen LogP contribution in [0.1, 0.15) is 23.6 Å². The van der Waals surface area contributed by atoms with Crippen LogP contribution in [0.2, 0.25) is 0 Å². The molecule has 0 amide bonds. The lowest BCUT2D eigenvalue weighted by Crippen LogP contribution is -2.14. The Morgan fingerprint density at radius 1 is 1.38 bits per heavy atom. The van der Waals surface area contributed by atoms with Crippen LogP contribution < -0.4 is 5.73 Å². The highest BCUT2D eigenvalue weighted by Gasteiger charge is 2.14. The predicted octanol–water partition coefficient (Wildman–Crippen LogP) is 2.77. The van der Waals surface area contributed by atoms with Gasteiger partial charge in [-0.25, -0.2) is 13.2 Å². The minimum Gasteiger partial charge on any atom is -0.324 e. The molecule has 1 atom stereocenters. The maximum absolute atomic E-state index is 12.9. The normalized spacial score (nSPS) is 11.8. The molecule has 1 rings (SSSR count). The van der Waals surface area contributed by atoms with E-state index in [2.05, 4.69) is 0 Å². The first kappa shape index (κ1) is 14.8. The third-order valence-corrected chi connectivity index (χ3v) is 1.97. The number of halogens is 4. The van der Waals surface area contributed by atoms with Crippen LogP contribution in [0.3, 0.4) is 0 Å². The SMILES string of the molecule is Cl.N#Cc1cc([C@H](N)CC(F)F)ccc1F. The van der Waals surface area contributed by atoms with Gasteiger partial charge in [0.1, 0.15) is 11.9 Å². The van der Waals surface area contributed by atoms with E-state index in [1.807, 2.05) is 0 Å². The number of nitriles is 1. The number of nitrogens with zero attached hydrogens (tertiary/aromatic N) is 1. The molecule has 0 saturated heterocycles. The van der Waals surface area contributed by atoms with Crippen LogP contribution in [0.4, 0.5) is 13.2 Å². The van der Waals surface area contributed by atoms with Gasteiger partial charge >= 0.3 is 0 Å². The fourth-order valence-electron chi connectivity index (χ4n) is 1.19. The van der Waals surface area contributed by atoms with Crippen molar-refractivity contribution in [3.63, 3.8) is 0 Å². The van der Waals surface area contributed by atoms with Gasteiger partial charge < -0.3 is 5.73 Å². The fourth-order valence-corrected chi connectivity index (χ4v) is 1.19. The summed E-state index contributed by atoms with van der Waals surface area (Å²) in [6, 6.07) is 4.31. The number of nitrogens with two attached hydrogens (primary N) is 1. The van der Waals surface area contributed by atoms with Crippen molar-refractivity contribution >= 4 is 12.4 Å². The zero-order chi connectivity index (χ0) is 11.4. The quantitative estimate of drug-likeness (QED) is 0.897. The molecule has 0 aliphatic heterocycles. The van der Waals surface area contributed by atoms with Gasteiger partial charge in [-0.15, -0.1) is 12.4 Å². The van der Waals surface area contributed by atoms with Crippen molar-refractivity contribution in [3.8, 4) is 6.07 Å². The molecule has 2 N–H and O–H groups in total. The second-order valence-electron chi connectivity index (χ2n) is 3.08. The Bertz CT molecular complexity index is 390. The van der Waals surface area contributed by atoms with Crippen LogP contribution in [0.15, 0.2) is 18.2 Å². The largest absolute Gasteiger partial charge is 0.324 e. The van der Waals surface area contributed by atoms with Crippen LogP contribution in [0, 0.1) is 17.1 Å². The van der Waals surface area contributed by atoms with Crippen LogP contribution in [-0.2, 0) is 0 Å². The number of benzene rings is 1. The summed E-state index contributed by atoms with van der Waals surface area (Å²) in [6.07, 6.45) is -3.02. The summed E-state index contributed by atoms with van der Waals surface area (Å²) in [6.45, 7) is 0. The van der Waals surface area contributed by atoms with E-state index in [1.54, 1.807) is 6.07 Å². The van der Waals surface area contributed by atoms with Gasteiger partial charge in [0.15, 0.2) is 0 Å². The highest BCUT2D eigenvalue weighted by atomic mass is 35.5. The molecule has 0 unspecified atom stereocenters.